The molecule has 0 aliphatic heterocycles. The molecule has 0 aromatic heterocycles. The van der Waals surface area contributed by atoms with Gasteiger partial charge in [-0.05, 0) is 32.1 Å². The lowest BCUT2D eigenvalue weighted by atomic mass is 10.1. The summed E-state index contributed by atoms with van der Waals surface area (Å²) in [7, 11) is -4.35. The predicted molar refractivity (Wildman–Crippen MR) is 160 cm³/mol. The van der Waals surface area contributed by atoms with Crippen molar-refractivity contribution in [3.05, 3.63) is 12.2 Å². The Balaban J connectivity index is 4.35. The Bertz CT molecular complexity index is 689. The molecule has 0 saturated heterocycles. The summed E-state index contributed by atoms with van der Waals surface area (Å²) in [4.78, 5) is 34.3. The second-order valence-electron chi connectivity index (χ2n) is 10.3. The van der Waals surface area contributed by atoms with Gasteiger partial charge in [0.1, 0.15) is 6.61 Å². The maximum absolute atomic E-state index is 12.4. The average Bonchev–Trinajstić information content (AvgIpc) is 2.93. The van der Waals surface area contributed by atoms with E-state index in [0.717, 1.165) is 57.8 Å². The van der Waals surface area contributed by atoms with Gasteiger partial charge in [-0.3, -0.25) is 18.6 Å². The molecule has 0 fully saturated rings. The number of allylic oxidation sites excluding steroid dienone is 2. The lowest BCUT2D eigenvalue weighted by Gasteiger charge is -2.19. The lowest BCUT2D eigenvalue weighted by Crippen LogP contribution is -2.29. The van der Waals surface area contributed by atoms with Crippen LogP contribution in [0.2, 0.25) is 0 Å². The van der Waals surface area contributed by atoms with Crippen LogP contribution in [-0.4, -0.2) is 49.3 Å². The maximum Gasteiger partial charge on any atom is 0.472 e. The first-order valence-corrected chi connectivity index (χ1v) is 17.2. The van der Waals surface area contributed by atoms with E-state index in [1.807, 2.05) is 0 Å². The lowest BCUT2D eigenvalue weighted by molar-refractivity contribution is -0.161. The summed E-state index contributed by atoms with van der Waals surface area (Å²) in [6, 6.07) is 0. The summed E-state index contributed by atoms with van der Waals surface area (Å²) in [5.74, 6) is -0.846. The van der Waals surface area contributed by atoms with Crippen molar-refractivity contribution in [3.63, 3.8) is 0 Å². The van der Waals surface area contributed by atoms with Gasteiger partial charge in [-0.25, -0.2) is 4.57 Å². The van der Waals surface area contributed by atoms with Crippen molar-refractivity contribution in [1.82, 2.24) is 0 Å². The normalized spacial score (nSPS) is 13.8. The van der Waals surface area contributed by atoms with E-state index in [-0.39, 0.29) is 38.6 Å². The number of hydrogen-bond acceptors (Lipinski definition) is 8. The number of rotatable bonds is 29. The molecular weight excluding hydrogens is 533 g/mol. The van der Waals surface area contributed by atoms with E-state index in [1.165, 1.54) is 44.9 Å². The fourth-order valence-electron chi connectivity index (χ4n) is 4.05. The Morgan fingerprint density at radius 3 is 1.88 bits per heavy atom. The second-order valence-corrected chi connectivity index (χ2v) is 11.8. The molecule has 1 unspecified atom stereocenters. The molecule has 0 spiro atoms. The number of hydrogen-bond donors (Lipinski definition) is 2. The zero-order chi connectivity index (χ0) is 29.7. The van der Waals surface area contributed by atoms with Crippen LogP contribution in [0.25, 0.3) is 0 Å². The summed E-state index contributed by atoms with van der Waals surface area (Å²) in [5.41, 5.74) is 5.30. The second kappa shape index (κ2) is 27.9. The zero-order valence-corrected chi connectivity index (χ0v) is 26.2. The number of phosphoric acid groups is 1. The third kappa shape index (κ3) is 26.9. The maximum atomic E-state index is 12.4. The summed E-state index contributed by atoms with van der Waals surface area (Å²) in [6.45, 7) is 3.60. The number of nitrogens with two attached hydrogens (primary N) is 1. The van der Waals surface area contributed by atoms with Gasteiger partial charge in [0, 0.05) is 19.4 Å². The molecule has 0 rings (SSSR count). The molecular formula is C30H58NO8P. The van der Waals surface area contributed by atoms with Crippen LogP contribution in [0.3, 0.4) is 0 Å². The summed E-state index contributed by atoms with van der Waals surface area (Å²) >= 11 is 0. The third-order valence-corrected chi connectivity index (χ3v) is 7.37. The van der Waals surface area contributed by atoms with Crippen molar-refractivity contribution < 1.29 is 37.6 Å². The van der Waals surface area contributed by atoms with Crippen LogP contribution in [-0.2, 0) is 32.7 Å². The predicted octanol–water partition coefficient (Wildman–Crippen LogP) is 7.54. The smallest absolute Gasteiger partial charge is 0.462 e. The van der Waals surface area contributed by atoms with Gasteiger partial charge in [-0.2, -0.15) is 0 Å². The average molecular weight is 592 g/mol. The number of unbranched alkanes of at least 4 members (excludes halogenated alkanes) is 14. The minimum absolute atomic E-state index is 0.0539. The van der Waals surface area contributed by atoms with E-state index in [9.17, 15) is 19.0 Å². The number of carbonyl (C=O) groups excluding carboxylic acids is 2. The number of esters is 2. The molecule has 0 aromatic carbocycles. The number of phosphoric ester groups is 1. The van der Waals surface area contributed by atoms with Crippen LogP contribution < -0.4 is 5.73 Å². The monoisotopic (exact) mass is 591 g/mol. The number of ether oxygens (including phenoxy) is 2. The van der Waals surface area contributed by atoms with Gasteiger partial charge in [-0.15, -0.1) is 0 Å². The van der Waals surface area contributed by atoms with Crippen molar-refractivity contribution >= 4 is 19.8 Å². The third-order valence-electron chi connectivity index (χ3n) is 6.38. The van der Waals surface area contributed by atoms with Crippen LogP contribution in [0.1, 0.15) is 136 Å². The van der Waals surface area contributed by atoms with Gasteiger partial charge in [-0.1, -0.05) is 103 Å². The highest BCUT2D eigenvalue weighted by Gasteiger charge is 2.25. The van der Waals surface area contributed by atoms with Crippen molar-refractivity contribution in [1.29, 1.82) is 0 Å². The van der Waals surface area contributed by atoms with Crippen LogP contribution in [0.5, 0.6) is 0 Å². The Labute approximate surface area is 243 Å². The summed E-state index contributed by atoms with van der Waals surface area (Å²) < 4.78 is 32.4. The topological polar surface area (TPSA) is 134 Å². The van der Waals surface area contributed by atoms with Gasteiger partial charge >= 0.3 is 19.8 Å². The van der Waals surface area contributed by atoms with Gasteiger partial charge in [0.25, 0.3) is 0 Å². The fourth-order valence-corrected chi connectivity index (χ4v) is 4.81. The Morgan fingerprint density at radius 2 is 1.27 bits per heavy atom. The highest BCUT2D eigenvalue weighted by Crippen LogP contribution is 2.43. The van der Waals surface area contributed by atoms with Gasteiger partial charge in [0.15, 0.2) is 6.10 Å². The highest BCUT2D eigenvalue weighted by atomic mass is 31.2. The first-order chi connectivity index (χ1) is 19.3. The van der Waals surface area contributed by atoms with E-state index >= 15 is 0 Å². The molecule has 0 bridgehead atoms. The van der Waals surface area contributed by atoms with E-state index in [1.54, 1.807) is 0 Å². The SMILES string of the molecule is CCC/C=C/CCCCCCCC(=O)O[C@H](COC(=O)CCCCCCCCCCC)COP(=O)(O)OCCN. The Kier molecular flexibility index (Phi) is 27.0. The molecule has 0 aromatic rings. The van der Waals surface area contributed by atoms with E-state index in [0.29, 0.717) is 6.42 Å². The molecule has 0 aliphatic rings. The van der Waals surface area contributed by atoms with Gasteiger partial charge in [0.05, 0.1) is 13.2 Å². The standard InChI is InChI=1S/C30H58NO8P/c1-3-5-7-9-11-13-15-17-19-21-23-30(33)39-28(27-38-40(34,35)37-25-24-31)26-36-29(32)22-20-18-16-14-12-10-8-6-4-2/h7,9,28H,3-6,8,10-27,31H2,1-2H3,(H,34,35)/b9-7+/t28-/m1/s1. The van der Waals surface area contributed by atoms with Crippen molar-refractivity contribution in [3.8, 4) is 0 Å². The number of carbonyl (C=O) groups is 2. The van der Waals surface area contributed by atoms with Gasteiger partial charge < -0.3 is 20.1 Å². The molecule has 0 saturated carbocycles. The van der Waals surface area contributed by atoms with Crippen LogP contribution >= 0.6 is 7.82 Å². The van der Waals surface area contributed by atoms with E-state index < -0.39 is 26.5 Å². The first-order valence-electron chi connectivity index (χ1n) is 15.7. The molecule has 9 nitrogen and oxygen atoms in total. The zero-order valence-electron chi connectivity index (χ0n) is 25.3. The highest BCUT2D eigenvalue weighted by molar-refractivity contribution is 7.47. The van der Waals surface area contributed by atoms with Gasteiger partial charge in [0.2, 0.25) is 0 Å². The van der Waals surface area contributed by atoms with Crippen LogP contribution in [0.15, 0.2) is 12.2 Å². The molecule has 236 valence electrons. The summed E-state index contributed by atoms with van der Waals surface area (Å²) in [6.07, 6.45) is 22.6. The molecule has 0 aliphatic carbocycles. The summed E-state index contributed by atoms with van der Waals surface area (Å²) in [5, 5.41) is 0. The molecule has 0 radical (unpaired) electrons. The Hall–Kier alpha value is -1.25. The molecule has 0 heterocycles. The minimum Gasteiger partial charge on any atom is -0.462 e. The first kappa shape index (κ1) is 38.8. The van der Waals surface area contributed by atoms with Crippen molar-refractivity contribution in [2.75, 3.05) is 26.4 Å². The molecule has 2 atom stereocenters. The van der Waals surface area contributed by atoms with Crippen molar-refractivity contribution in [2.45, 2.75) is 142 Å². The van der Waals surface area contributed by atoms with E-state index in [2.05, 4.69) is 26.0 Å². The molecule has 0 amide bonds. The van der Waals surface area contributed by atoms with Crippen molar-refractivity contribution in [2.24, 2.45) is 5.73 Å². The molecule has 40 heavy (non-hydrogen) atoms. The van der Waals surface area contributed by atoms with Crippen LogP contribution in [0.4, 0.5) is 0 Å². The quantitative estimate of drug-likeness (QED) is 0.0391. The molecule has 3 N–H and O–H groups in total. The van der Waals surface area contributed by atoms with E-state index in [4.69, 9.17) is 24.3 Å². The molecule has 10 heteroatoms. The van der Waals surface area contributed by atoms with Crippen LogP contribution in [0, 0.1) is 0 Å². The Morgan fingerprint density at radius 1 is 0.725 bits per heavy atom. The minimum atomic E-state index is -4.35. The largest absolute Gasteiger partial charge is 0.472 e. The fraction of sp³-hybridized carbons (Fsp3) is 0.867.